The Bertz CT molecular complexity index is 909. The van der Waals surface area contributed by atoms with Gasteiger partial charge in [-0.1, -0.05) is 44.2 Å². The Hall–Kier alpha value is -2.46. The van der Waals surface area contributed by atoms with E-state index in [-0.39, 0.29) is 12.0 Å². The van der Waals surface area contributed by atoms with Gasteiger partial charge in [-0.05, 0) is 48.5 Å². The average Bonchev–Trinajstić information content (AvgIpc) is 3.37. The van der Waals surface area contributed by atoms with Crippen LogP contribution >= 0.6 is 0 Å². The van der Waals surface area contributed by atoms with E-state index in [2.05, 4.69) is 19.1 Å². The molecular weight excluding hydrogens is 362 g/mol. The van der Waals surface area contributed by atoms with Crippen molar-refractivity contribution in [1.82, 2.24) is 4.98 Å². The van der Waals surface area contributed by atoms with Crippen LogP contribution in [0.5, 0.6) is 0 Å². The van der Waals surface area contributed by atoms with Gasteiger partial charge in [-0.3, -0.25) is 0 Å². The molecule has 1 aromatic carbocycles. The first-order chi connectivity index (χ1) is 14.2. The lowest BCUT2D eigenvalue weighted by Gasteiger charge is -2.22. The summed E-state index contributed by atoms with van der Waals surface area (Å²) < 4.78 is 12.1. The molecule has 2 aliphatic carbocycles. The van der Waals surface area contributed by atoms with E-state index in [1.165, 1.54) is 11.1 Å². The van der Waals surface area contributed by atoms with Crippen LogP contribution in [-0.2, 0) is 22.4 Å². The maximum absolute atomic E-state index is 11.2. The average molecular weight is 392 g/mol. The standard InChI is InChI=1S/C25H29NO3/c1-3-24-23(26-25(29-24)18-7-5-4-6-8-18)13-14-28-20-10-12-22-19(15-20)9-11-21(22)17(2)16-27/h4-8,12,15-17,20-21H,3,9-11,13-14H2,1-2H3/t17-,20?,21?/m0/s1. The second-order valence-electron chi connectivity index (χ2n) is 8.00. The Morgan fingerprint density at radius 1 is 1.31 bits per heavy atom. The lowest BCUT2D eigenvalue weighted by molar-refractivity contribution is -0.111. The molecule has 1 heterocycles. The molecule has 0 spiro atoms. The van der Waals surface area contributed by atoms with E-state index in [4.69, 9.17) is 14.1 Å². The van der Waals surface area contributed by atoms with Crippen LogP contribution in [0.15, 0.2) is 58.0 Å². The van der Waals surface area contributed by atoms with Crippen molar-refractivity contribution in [2.24, 2.45) is 11.8 Å². The molecule has 2 unspecified atom stereocenters. The van der Waals surface area contributed by atoms with E-state index in [0.29, 0.717) is 18.4 Å². The van der Waals surface area contributed by atoms with Crippen LogP contribution < -0.4 is 0 Å². The van der Waals surface area contributed by atoms with Crippen molar-refractivity contribution < 1.29 is 13.9 Å². The monoisotopic (exact) mass is 391 g/mol. The number of aromatic nitrogens is 1. The van der Waals surface area contributed by atoms with E-state index in [1.807, 2.05) is 37.3 Å². The zero-order chi connectivity index (χ0) is 20.2. The summed E-state index contributed by atoms with van der Waals surface area (Å²) in [5.41, 5.74) is 4.75. The van der Waals surface area contributed by atoms with E-state index in [0.717, 1.165) is 55.4 Å². The maximum atomic E-state index is 11.2. The van der Waals surface area contributed by atoms with Gasteiger partial charge in [0.15, 0.2) is 0 Å². The van der Waals surface area contributed by atoms with Gasteiger partial charge in [-0.25, -0.2) is 4.98 Å². The number of oxazole rings is 1. The molecular formula is C25H29NO3. The van der Waals surface area contributed by atoms with Gasteiger partial charge in [0.05, 0.1) is 18.4 Å². The van der Waals surface area contributed by atoms with Crippen molar-refractivity contribution in [2.75, 3.05) is 6.61 Å². The molecule has 1 aromatic heterocycles. The quantitative estimate of drug-likeness (QED) is 0.571. The summed E-state index contributed by atoms with van der Waals surface area (Å²) in [6.07, 6.45) is 10.4. The number of hydrogen-bond donors (Lipinski definition) is 0. The first kappa shape index (κ1) is 19.8. The summed E-state index contributed by atoms with van der Waals surface area (Å²) >= 11 is 0. The Morgan fingerprint density at radius 2 is 2.14 bits per heavy atom. The Balaban J connectivity index is 1.35. The number of carbonyl (C=O) groups is 1. The number of aryl methyl sites for hydroxylation is 1. The minimum Gasteiger partial charge on any atom is -0.441 e. The highest BCUT2D eigenvalue weighted by atomic mass is 16.5. The van der Waals surface area contributed by atoms with Gasteiger partial charge in [-0.15, -0.1) is 0 Å². The number of ether oxygens (including phenoxy) is 1. The number of allylic oxidation sites excluding steroid dienone is 2. The number of rotatable bonds is 8. The molecule has 1 saturated carbocycles. The van der Waals surface area contributed by atoms with E-state index in [9.17, 15) is 4.79 Å². The first-order valence-electron chi connectivity index (χ1n) is 10.7. The summed E-state index contributed by atoms with van der Waals surface area (Å²) in [4.78, 5) is 15.9. The molecule has 0 aliphatic heterocycles. The molecule has 1 fully saturated rings. The number of hydrogen-bond acceptors (Lipinski definition) is 4. The van der Waals surface area contributed by atoms with Gasteiger partial charge >= 0.3 is 0 Å². The Kier molecular flexibility index (Phi) is 6.10. The van der Waals surface area contributed by atoms with Crippen LogP contribution in [0, 0.1) is 11.8 Å². The number of aldehydes is 1. The molecule has 29 heavy (non-hydrogen) atoms. The topological polar surface area (TPSA) is 52.3 Å². The summed E-state index contributed by atoms with van der Waals surface area (Å²) in [5.74, 6) is 2.12. The van der Waals surface area contributed by atoms with Crippen molar-refractivity contribution in [1.29, 1.82) is 0 Å². The molecule has 2 aromatic rings. The van der Waals surface area contributed by atoms with Gasteiger partial charge < -0.3 is 13.9 Å². The second-order valence-corrected chi connectivity index (χ2v) is 8.00. The van der Waals surface area contributed by atoms with Gasteiger partial charge in [-0.2, -0.15) is 0 Å². The van der Waals surface area contributed by atoms with E-state index < -0.39 is 0 Å². The zero-order valence-corrected chi connectivity index (χ0v) is 17.3. The fourth-order valence-electron chi connectivity index (χ4n) is 4.47. The lowest BCUT2D eigenvalue weighted by atomic mass is 9.86. The minimum atomic E-state index is 0.100. The minimum absolute atomic E-state index is 0.100. The van der Waals surface area contributed by atoms with E-state index >= 15 is 0 Å². The molecule has 0 saturated heterocycles. The third-order valence-corrected chi connectivity index (χ3v) is 6.09. The van der Waals surface area contributed by atoms with Crippen molar-refractivity contribution in [3.8, 4) is 11.5 Å². The first-order valence-corrected chi connectivity index (χ1v) is 10.7. The number of benzene rings is 1. The summed E-state index contributed by atoms with van der Waals surface area (Å²) in [5, 5.41) is 0. The summed E-state index contributed by atoms with van der Waals surface area (Å²) in [6, 6.07) is 10.0. The van der Waals surface area contributed by atoms with Crippen LogP contribution in [0.4, 0.5) is 0 Å². The van der Waals surface area contributed by atoms with Gasteiger partial charge in [0.25, 0.3) is 0 Å². The molecule has 4 nitrogen and oxygen atoms in total. The molecule has 4 rings (SSSR count). The number of fused-ring (bicyclic) bond motifs is 1. The Labute approximate surface area is 172 Å². The predicted octanol–water partition coefficient (Wildman–Crippen LogP) is 5.33. The summed E-state index contributed by atoms with van der Waals surface area (Å²) in [7, 11) is 0. The molecule has 0 radical (unpaired) electrons. The molecule has 4 heteroatoms. The van der Waals surface area contributed by atoms with Gasteiger partial charge in [0.2, 0.25) is 5.89 Å². The number of nitrogens with zero attached hydrogens (tertiary/aromatic N) is 1. The molecule has 0 amide bonds. The van der Waals surface area contributed by atoms with Crippen molar-refractivity contribution in [3.05, 3.63) is 65.1 Å². The van der Waals surface area contributed by atoms with Gasteiger partial charge in [0, 0.05) is 24.3 Å². The highest BCUT2D eigenvalue weighted by Gasteiger charge is 2.32. The zero-order valence-electron chi connectivity index (χ0n) is 17.3. The lowest BCUT2D eigenvalue weighted by Crippen LogP contribution is -2.18. The second kappa shape index (κ2) is 8.91. The van der Waals surface area contributed by atoms with E-state index in [1.54, 1.807) is 0 Å². The van der Waals surface area contributed by atoms with Crippen molar-refractivity contribution in [3.63, 3.8) is 0 Å². The molecule has 152 valence electrons. The molecule has 3 atom stereocenters. The van der Waals surface area contributed by atoms with Crippen molar-refractivity contribution in [2.45, 2.75) is 52.1 Å². The Morgan fingerprint density at radius 3 is 2.90 bits per heavy atom. The molecule has 0 N–H and O–H groups in total. The normalized spacial score (nSPS) is 22.0. The third kappa shape index (κ3) is 4.27. The predicted molar refractivity (Wildman–Crippen MR) is 113 cm³/mol. The van der Waals surface area contributed by atoms with Crippen molar-refractivity contribution >= 4 is 6.29 Å². The summed E-state index contributed by atoms with van der Waals surface area (Å²) in [6.45, 7) is 4.74. The van der Waals surface area contributed by atoms with Crippen LogP contribution in [0.2, 0.25) is 0 Å². The van der Waals surface area contributed by atoms with Crippen LogP contribution in [0.3, 0.4) is 0 Å². The van der Waals surface area contributed by atoms with Crippen LogP contribution in [0.25, 0.3) is 11.5 Å². The molecule has 0 bridgehead atoms. The molecule has 2 aliphatic rings. The fraction of sp³-hybridized carbons (Fsp3) is 0.440. The highest BCUT2D eigenvalue weighted by Crippen LogP contribution is 2.42. The number of carbonyl (C=O) groups excluding carboxylic acids is 1. The largest absolute Gasteiger partial charge is 0.441 e. The van der Waals surface area contributed by atoms with Gasteiger partial charge in [0.1, 0.15) is 12.0 Å². The third-order valence-electron chi connectivity index (χ3n) is 6.09. The maximum Gasteiger partial charge on any atom is 0.226 e. The SMILES string of the molecule is CCc1oc(-c2ccccc2)nc1CCOC1C=C2CCC([C@@H](C)C=O)C2=CC1. The van der Waals surface area contributed by atoms with Crippen LogP contribution in [0.1, 0.15) is 44.6 Å². The smallest absolute Gasteiger partial charge is 0.226 e. The highest BCUT2D eigenvalue weighted by molar-refractivity contribution is 5.57. The van der Waals surface area contributed by atoms with Crippen LogP contribution in [-0.4, -0.2) is 24.0 Å². The fourth-order valence-corrected chi connectivity index (χ4v) is 4.47.